The number of halogens is 3. The lowest BCUT2D eigenvalue weighted by atomic mass is 9.85. The van der Waals surface area contributed by atoms with Crippen molar-refractivity contribution in [2.75, 3.05) is 6.26 Å². The van der Waals surface area contributed by atoms with Gasteiger partial charge in [-0.2, -0.15) is 0 Å². The fourth-order valence-electron chi connectivity index (χ4n) is 2.14. The first kappa shape index (κ1) is 14.8. The third kappa shape index (κ3) is 3.47. The van der Waals surface area contributed by atoms with E-state index in [1.54, 1.807) is 0 Å². The standard InChI is InChI=1S/C11H13BrF2N2O2S/c1-19(17,18)10-15-6-8(12)9(16-10)7-2-4-11(13,14)5-3-7/h6-7H,2-5H2,1H3. The summed E-state index contributed by atoms with van der Waals surface area (Å²) in [5.74, 6) is -2.77. The van der Waals surface area contributed by atoms with Crippen molar-refractivity contribution in [3.63, 3.8) is 0 Å². The number of hydrogen-bond donors (Lipinski definition) is 0. The van der Waals surface area contributed by atoms with Gasteiger partial charge in [-0.25, -0.2) is 27.2 Å². The van der Waals surface area contributed by atoms with Gasteiger partial charge in [0.25, 0.3) is 0 Å². The highest BCUT2D eigenvalue weighted by Gasteiger charge is 2.36. The van der Waals surface area contributed by atoms with Crippen molar-refractivity contribution in [2.24, 2.45) is 0 Å². The minimum atomic E-state index is -3.49. The summed E-state index contributed by atoms with van der Waals surface area (Å²) in [6, 6.07) is 0. The minimum absolute atomic E-state index is 0.155. The van der Waals surface area contributed by atoms with E-state index in [2.05, 4.69) is 25.9 Å². The van der Waals surface area contributed by atoms with Crippen LogP contribution in [0.2, 0.25) is 0 Å². The predicted octanol–water partition coefficient (Wildman–Crippen LogP) is 2.94. The van der Waals surface area contributed by atoms with E-state index in [-0.39, 0.29) is 23.9 Å². The molecule has 19 heavy (non-hydrogen) atoms. The van der Waals surface area contributed by atoms with E-state index >= 15 is 0 Å². The molecule has 1 heterocycles. The topological polar surface area (TPSA) is 59.9 Å². The van der Waals surface area contributed by atoms with Gasteiger partial charge in [0.2, 0.25) is 20.9 Å². The van der Waals surface area contributed by atoms with Crippen LogP contribution in [0.3, 0.4) is 0 Å². The van der Waals surface area contributed by atoms with Crippen molar-refractivity contribution in [2.45, 2.75) is 42.7 Å². The number of rotatable bonds is 2. The quantitative estimate of drug-likeness (QED) is 0.766. The predicted molar refractivity (Wildman–Crippen MR) is 69.0 cm³/mol. The van der Waals surface area contributed by atoms with Crippen LogP contribution in [0.4, 0.5) is 8.78 Å². The lowest BCUT2D eigenvalue weighted by Gasteiger charge is -2.28. The zero-order valence-electron chi connectivity index (χ0n) is 10.2. The van der Waals surface area contributed by atoms with Crippen LogP contribution in [0.5, 0.6) is 0 Å². The molecule has 1 aromatic rings. The SMILES string of the molecule is CS(=O)(=O)c1ncc(Br)c(C2CCC(F)(F)CC2)n1. The molecule has 1 aliphatic carbocycles. The van der Waals surface area contributed by atoms with Crippen LogP contribution in [-0.2, 0) is 9.84 Å². The van der Waals surface area contributed by atoms with Crippen molar-refractivity contribution in [1.29, 1.82) is 0 Å². The number of sulfone groups is 1. The summed E-state index contributed by atoms with van der Waals surface area (Å²) >= 11 is 3.25. The Bertz CT molecular complexity index is 582. The van der Waals surface area contributed by atoms with Crippen molar-refractivity contribution in [1.82, 2.24) is 9.97 Å². The molecule has 0 saturated heterocycles. The van der Waals surface area contributed by atoms with Crippen LogP contribution in [0.1, 0.15) is 37.3 Å². The monoisotopic (exact) mass is 354 g/mol. The van der Waals surface area contributed by atoms with Gasteiger partial charge in [0.05, 0.1) is 10.2 Å². The van der Waals surface area contributed by atoms with Crippen molar-refractivity contribution < 1.29 is 17.2 Å². The van der Waals surface area contributed by atoms with E-state index in [1.807, 2.05) is 0 Å². The summed E-state index contributed by atoms with van der Waals surface area (Å²) in [4.78, 5) is 7.76. The van der Waals surface area contributed by atoms with Crippen LogP contribution < -0.4 is 0 Å². The molecule has 0 aliphatic heterocycles. The molecule has 0 spiro atoms. The summed E-state index contributed by atoms with van der Waals surface area (Å²) < 4.78 is 49.7. The van der Waals surface area contributed by atoms with Gasteiger partial charge < -0.3 is 0 Å². The van der Waals surface area contributed by atoms with E-state index < -0.39 is 15.8 Å². The van der Waals surface area contributed by atoms with Crippen LogP contribution in [0, 0.1) is 0 Å². The molecule has 2 rings (SSSR count). The largest absolute Gasteiger partial charge is 0.248 e. The molecule has 1 aromatic heterocycles. The molecule has 0 N–H and O–H groups in total. The van der Waals surface area contributed by atoms with Crippen LogP contribution in [0.25, 0.3) is 0 Å². The Morgan fingerprint density at radius 1 is 1.37 bits per heavy atom. The van der Waals surface area contributed by atoms with Gasteiger partial charge in [0.15, 0.2) is 0 Å². The van der Waals surface area contributed by atoms with Crippen molar-refractivity contribution >= 4 is 25.8 Å². The van der Waals surface area contributed by atoms with Crippen LogP contribution in [-0.4, -0.2) is 30.6 Å². The first-order valence-electron chi connectivity index (χ1n) is 5.79. The molecule has 0 aromatic carbocycles. The van der Waals surface area contributed by atoms with Gasteiger partial charge >= 0.3 is 0 Å². The fourth-order valence-corrected chi connectivity index (χ4v) is 3.16. The molecular weight excluding hydrogens is 342 g/mol. The summed E-state index contributed by atoms with van der Waals surface area (Å²) in [5, 5.41) is -0.261. The van der Waals surface area contributed by atoms with E-state index in [9.17, 15) is 17.2 Å². The Kier molecular flexibility index (Phi) is 3.92. The van der Waals surface area contributed by atoms with E-state index in [0.717, 1.165) is 6.26 Å². The zero-order valence-corrected chi connectivity index (χ0v) is 12.6. The molecular formula is C11H13BrF2N2O2S. The molecule has 0 unspecified atom stereocenters. The molecule has 4 nitrogen and oxygen atoms in total. The lowest BCUT2D eigenvalue weighted by molar-refractivity contribution is -0.0385. The molecule has 106 valence electrons. The van der Waals surface area contributed by atoms with Crippen LogP contribution >= 0.6 is 15.9 Å². The third-order valence-corrected chi connectivity index (χ3v) is 4.66. The summed E-state index contributed by atoms with van der Waals surface area (Å²) in [7, 11) is -3.49. The maximum atomic E-state index is 13.1. The Balaban J connectivity index is 2.30. The first-order chi connectivity index (χ1) is 8.69. The Morgan fingerprint density at radius 3 is 2.47 bits per heavy atom. The van der Waals surface area contributed by atoms with Gasteiger partial charge in [-0.05, 0) is 28.8 Å². The van der Waals surface area contributed by atoms with E-state index in [4.69, 9.17) is 0 Å². The molecule has 0 bridgehead atoms. The van der Waals surface area contributed by atoms with Crippen molar-refractivity contribution in [3.05, 3.63) is 16.4 Å². The number of hydrogen-bond acceptors (Lipinski definition) is 4. The Labute approximate surface area is 118 Å². The first-order valence-corrected chi connectivity index (χ1v) is 8.48. The zero-order chi connectivity index (χ0) is 14.3. The second-order valence-corrected chi connectivity index (χ2v) is 7.55. The maximum Gasteiger partial charge on any atom is 0.248 e. The van der Waals surface area contributed by atoms with Gasteiger partial charge in [0, 0.05) is 31.2 Å². The lowest BCUT2D eigenvalue weighted by Crippen LogP contribution is -2.24. The number of aromatic nitrogens is 2. The number of alkyl halides is 2. The van der Waals surface area contributed by atoms with E-state index in [1.165, 1.54) is 6.20 Å². The molecule has 0 atom stereocenters. The molecule has 0 radical (unpaired) electrons. The Hall–Kier alpha value is -0.630. The van der Waals surface area contributed by atoms with Crippen LogP contribution in [0.15, 0.2) is 15.8 Å². The minimum Gasteiger partial charge on any atom is -0.226 e. The highest BCUT2D eigenvalue weighted by molar-refractivity contribution is 9.10. The van der Waals surface area contributed by atoms with Gasteiger partial charge in [0.1, 0.15) is 0 Å². The second kappa shape index (κ2) is 5.05. The average molecular weight is 355 g/mol. The van der Waals surface area contributed by atoms with Gasteiger partial charge in [-0.1, -0.05) is 0 Å². The normalized spacial score (nSPS) is 20.4. The molecule has 0 amide bonds. The smallest absolute Gasteiger partial charge is 0.226 e. The van der Waals surface area contributed by atoms with Gasteiger partial charge in [-0.15, -0.1) is 0 Å². The summed E-state index contributed by atoms with van der Waals surface area (Å²) in [5.41, 5.74) is 0.505. The Morgan fingerprint density at radius 2 is 1.95 bits per heavy atom. The third-order valence-electron chi connectivity index (χ3n) is 3.18. The highest BCUT2D eigenvalue weighted by Crippen LogP contribution is 2.41. The number of nitrogens with zero attached hydrogens (tertiary/aromatic N) is 2. The molecule has 1 saturated carbocycles. The summed E-state index contributed by atoms with van der Waals surface area (Å²) in [6.45, 7) is 0. The fraction of sp³-hybridized carbons (Fsp3) is 0.636. The summed E-state index contributed by atoms with van der Waals surface area (Å²) in [6.07, 6.45) is 2.60. The maximum absolute atomic E-state index is 13.1. The van der Waals surface area contributed by atoms with E-state index in [0.29, 0.717) is 23.0 Å². The van der Waals surface area contributed by atoms with Crippen molar-refractivity contribution in [3.8, 4) is 0 Å². The second-order valence-electron chi connectivity index (χ2n) is 4.79. The van der Waals surface area contributed by atoms with Gasteiger partial charge in [-0.3, -0.25) is 0 Å². The molecule has 1 aliphatic rings. The molecule has 8 heteroatoms. The molecule has 1 fully saturated rings. The highest BCUT2D eigenvalue weighted by atomic mass is 79.9. The average Bonchev–Trinajstić information content (AvgIpc) is 2.29.